The van der Waals surface area contributed by atoms with E-state index in [4.69, 9.17) is 9.47 Å². The van der Waals surface area contributed by atoms with Crippen LogP contribution in [0, 0.1) is 0 Å². The number of benzene rings is 3. The van der Waals surface area contributed by atoms with E-state index in [9.17, 15) is 9.59 Å². The highest BCUT2D eigenvalue weighted by molar-refractivity contribution is 6.04. The largest absolute Gasteiger partial charge is 0.467 e. The van der Waals surface area contributed by atoms with Crippen molar-refractivity contribution < 1.29 is 19.1 Å². The predicted octanol–water partition coefficient (Wildman–Crippen LogP) is 4.54. The van der Waals surface area contributed by atoms with Crippen molar-refractivity contribution in [1.29, 1.82) is 0 Å². The lowest BCUT2D eigenvalue weighted by atomic mass is 10.1. The number of nitrogens with zero attached hydrogens (tertiary/aromatic N) is 1. The van der Waals surface area contributed by atoms with Gasteiger partial charge < -0.3 is 9.47 Å². The van der Waals surface area contributed by atoms with Gasteiger partial charge in [-0.05, 0) is 23.9 Å². The molecule has 0 aliphatic carbocycles. The highest BCUT2D eigenvalue weighted by Gasteiger charge is 2.30. The van der Waals surface area contributed by atoms with Gasteiger partial charge in [0, 0.05) is 5.39 Å². The topological polar surface area (TPSA) is 55.8 Å². The van der Waals surface area contributed by atoms with Crippen LogP contribution in [0.25, 0.3) is 10.8 Å². The van der Waals surface area contributed by atoms with Crippen molar-refractivity contribution in [3.05, 3.63) is 78.4 Å². The van der Waals surface area contributed by atoms with Crippen LogP contribution in [0.3, 0.4) is 0 Å². The van der Waals surface area contributed by atoms with Crippen LogP contribution in [0.2, 0.25) is 0 Å². The van der Waals surface area contributed by atoms with E-state index >= 15 is 0 Å². The van der Waals surface area contributed by atoms with Gasteiger partial charge in [-0.1, -0.05) is 66.7 Å². The molecule has 0 N–H and O–H groups in total. The lowest BCUT2D eigenvalue weighted by Gasteiger charge is -2.28. The second-order valence-electron chi connectivity index (χ2n) is 6.11. The molecular formula is C22H21NO4. The number of fused-ring (bicyclic) bond motifs is 1. The van der Waals surface area contributed by atoms with Gasteiger partial charge in [0.05, 0.1) is 12.8 Å². The molecule has 1 atom stereocenters. The molecule has 0 saturated carbocycles. The van der Waals surface area contributed by atoms with Crippen molar-refractivity contribution in [1.82, 2.24) is 0 Å². The van der Waals surface area contributed by atoms with Crippen LogP contribution in [-0.4, -0.2) is 25.2 Å². The Kier molecular flexibility index (Phi) is 5.71. The van der Waals surface area contributed by atoms with Crippen LogP contribution in [0.1, 0.15) is 12.5 Å². The third-order valence-corrected chi connectivity index (χ3v) is 4.36. The molecule has 138 valence electrons. The number of esters is 1. The molecule has 0 aliphatic heterocycles. The Morgan fingerprint density at radius 1 is 0.926 bits per heavy atom. The number of hydrogen-bond donors (Lipinski definition) is 0. The van der Waals surface area contributed by atoms with Gasteiger partial charge in [0.25, 0.3) is 0 Å². The smallest absolute Gasteiger partial charge is 0.415 e. The van der Waals surface area contributed by atoms with Crippen molar-refractivity contribution in [2.75, 3.05) is 12.0 Å². The van der Waals surface area contributed by atoms with Gasteiger partial charge in [0.2, 0.25) is 0 Å². The number of anilines is 1. The standard InChI is InChI=1S/C22H21NO4/c1-16(21(24)26-2)23(22(25)27-15-17-9-4-3-5-10-17)20-14-8-12-18-11-6-7-13-19(18)20/h3-14,16H,15H2,1-2H3/t16-/m0/s1. The molecule has 0 bridgehead atoms. The summed E-state index contributed by atoms with van der Waals surface area (Å²) >= 11 is 0. The van der Waals surface area contributed by atoms with Crippen LogP contribution >= 0.6 is 0 Å². The van der Waals surface area contributed by atoms with Crippen molar-refractivity contribution in [2.45, 2.75) is 19.6 Å². The molecule has 0 unspecified atom stereocenters. The third-order valence-electron chi connectivity index (χ3n) is 4.36. The van der Waals surface area contributed by atoms with Gasteiger partial charge in [-0.15, -0.1) is 0 Å². The van der Waals surface area contributed by atoms with Crippen LogP contribution in [0.4, 0.5) is 10.5 Å². The first-order valence-electron chi connectivity index (χ1n) is 8.67. The molecule has 0 radical (unpaired) electrons. The Balaban J connectivity index is 1.95. The number of carbonyl (C=O) groups is 2. The maximum atomic E-state index is 12.9. The molecule has 1 amide bonds. The zero-order valence-corrected chi connectivity index (χ0v) is 15.3. The third kappa shape index (κ3) is 4.08. The summed E-state index contributed by atoms with van der Waals surface area (Å²) in [6, 6.07) is 21.8. The Morgan fingerprint density at radius 2 is 1.59 bits per heavy atom. The van der Waals surface area contributed by atoms with Crippen molar-refractivity contribution in [2.24, 2.45) is 0 Å². The molecule has 5 heteroatoms. The summed E-state index contributed by atoms with van der Waals surface area (Å²) in [5.74, 6) is -0.514. The fraction of sp³-hybridized carbons (Fsp3) is 0.182. The lowest BCUT2D eigenvalue weighted by molar-refractivity contribution is -0.141. The molecule has 27 heavy (non-hydrogen) atoms. The van der Waals surface area contributed by atoms with Crippen molar-refractivity contribution >= 4 is 28.5 Å². The monoisotopic (exact) mass is 363 g/mol. The minimum atomic E-state index is -0.830. The molecule has 0 spiro atoms. The van der Waals surface area contributed by atoms with E-state index in [1.54, 1.807) is 13.0 Å². The normalized spacial score (nSPS) is 11.6. The first kappa shape index (κ1) is 18.5. The molecule has 0 aliphatic rings. The zero-order valence-electron chi connectivity index (χ0n) is 15.3. The van der Waals surface area contributed by atoms with Crippen LogP contribution in [0.5, 0.6) is 0 Å². The number of hydrogen-bond acceptors (Lipinski definition) is 4. The molecule has 0 heterocycles. The second-order valence-corrected chi connectivity index (χ2v) is 6.11. The number of ether oxygens (including phenoxy) is 2. The summed E-state index contributed by atoms with van der Waals surface area (Å²) in [6.45, 7) is 1.74. The Morgan fingerprint density at radius 3 is 2.33 bits per heavy atom. The molecule has 0 fully saturated rings. The first-order valence-corrected chi connectivity index (χ1v) is 8.67. The first-order chi connectivity index (χ1) is 13.1. The van der Waals surface area contributed by atoms with Crippen LogP contribution in [-0.2, 0) is 20.9 Å². The second kappa shape index (κ2) is 8.36. The summed E-state index contributed by atoms with van der Waals surface area (Å²) in [5, 5.41) is 1.82. The van der Waals surface area contributed by atoms with E-state index < -0.39 is 18.1 Å². The minimum Gasteiger partial charge on any atom is -0.467 e. The number of amides is 1. The Bertz CT molecular complexity index is 934. The van der Waals surface area contributed by atoms with Crippen molar-refractivity contribution in [3.8, 4) is 0 Å². The fourth-order valence-corrected chi connectivity index (χ4v) is 2.95. The molecule has 3 aromatic carbocycles. The van der Waals surface area contributed by atoms with Gasteiger partial charge in [-0.3, -0.25) is 4.90 Å². The predicted molar refractivity (Wildman–Crippen MR) is 105 cm³/mol. The molecular weight excluding hydrogens is 342 g/mol. The maximum absolute atomic E-state index is 12.9. The van der Waals surface area contributed by atoms with Gasteiger partial charge in [-0.2, -0.15) is 0 Å². The summed E-state index contributed by atoms with van der Waals surface area (Å²) in [6.07, 6.45) is -0.604. The summed E-state index contributed by atoms with van der Waals surface area (Å²) < 4.78 is 10.3. The van der Waals surface area contributed by atoms with Crippen LogP contribution in [0.15, 0.2) is 72.8 Å². The quantitative estimate of drug-likeness (QED) is 0.624. The van der Waals surface area contributed by atoms with Gasteiger partial charge in [0.15, 0.2) is 0 Å². The van der Waals surface area contributed by atoms with Gasteiger partial charge in [-0.25, -0.2) is 9.59 Å². The summed E-state index contributed by atoms with van der Waals surface area (Å²) in [5.41, 5.74) is 1.47. The molecule has 3 rings (SSSR count). The van der Waals surface area contributed by atoms with E-state index in [0.29, 0.717) is 5.69 Å². The van der Waals surface area contributed by atoms with Gasteiger partial charge >= 0.3 is 12.1 Å². The minimum absolute atomic E-state index is 0.120. The van der Waals surface area contributed by atoms with E-state index in [1.807, 2.05) is 66.7 Å². The molecule has 0 saturated heterocycles. The Labute approximate surface area is 158 Å². The average Bonchev–Trinajstić information content (AvgIpc) is 2.72. The SMILES string of the molecule is COC(=O)[C@H](C)N(C(=O)OCc1ccccc1)c1cccc2ccccc12. The van der Waals surface area contributed by atoms with E-state index in [2.05, 4.69) is 0 Å². The van der Waals surface area contributed by atoms with Gasteiger partial charge in [0.1, 0.15) is 12.6 Å². The van der Waals surface area contributed by atoms with E-state index in [1.165, 1.54) is 12.0 Å². The highest BCUT2D eigenvalue weighted by Crippen LogP contribution is 2.29. The number of methoxy groups -OCH3 is 1. The number of carbonyl (C=O) groups excluding carboxylic acids is 2. The van der Waals surface area contributed by atoms with Crippen LogP contribution < -0.4 is 4.90 Å². The zero-order chi connectivity index (χ0) is 19.2. The average molecular weight is 363 g/mol. The lowest BCUT2D eigenvalue weighted by Crippen LogP contribution is -2.44. The van der Waals surface area contributed by atoms with E-state index in [0.717, 1.165) is 16.3 Å². The fourth-order valence-electron chi connectivity index (χ4n) is 2.95. The summed E-state index contributed by atoms with van der Waals surface area (Å²) in [7, 11) is 1.30. The molecule has 0 aromatic heterocycles. The Hall–Kier alpha value is -3.34. The highest BCUT2D eigenvalue weighted by atomic mass is 16.6. The van der Waals surface area contributed by atoms with Crippen molar-refractivity contribution in [3.63, 3.8) is 0 Å². The molecule has 3 aromatic rings. The summed E-state index contributed by atoms with van der Waals surface area (Å²) in [4.78, 5) is 26.4. The van der Waals surface area contributed by atoms with E-state index in [-0.39, 0.29) is 6.61 Å². The molecule has 5 nitrogen and oxygen atoms in total. The number of rotatable bonds is 5. The maximum Gasteiger partial charge on any atom is 0.415 e.